The van der Waals surface area contributed by atoms with Gasteiger partial charge in [-0.1, -0.05) is 43.3 Å². The van der Waals surface area contributed by atoms with Crippen LogP contribution in [0.15, 0.2) is 48.5 Å². The molecule has 0 atom stereocenters. The topological polar surface area (TPSA) is 26.0 Å². The van der Waals surface area contributed by atoms with Gasteiger partial charge in [-0.05, 0) is 34.9 Å². The van der Waals surface area contributed by atoms with Gasteiger partial charge < -0.3 is 5.73 Å². The number of hydrogen-bond donors (Lipinski definition) is 1. The Morgan fingerprint density at radius 3 is 2.47 bits per heavy atom. The molecule has 2 N–H and O–H groups in total. The lowest BCUT2D eigenvalue weighted by molar-refractivity contribution is 1.15. The summed E-state index contributed by atoms with van der Waals surface area (Å²) in [5.41, 5.74) is 8.51. The number of rotatable bonds is 1. The summed E-state index contributed by atoms with van der Waals surface area (Å²) in [5, 5.41) is 4.75. The minimum atomic E-state index is 0.897. The molecule has 17 heavy (non-hydrogen) atoms. The molecule has 3 aromatic carbocycles. The summed E-state index contributed by atoms with van der Waals surface area (Å²) < 4.78 is 0. The quantitative estimate of drug-likeness (QED) is 0.485. The second-order valence-corrected chi connectivity index (χ2v) is 4.42. The molecular weight excluding hydrogens is 206 g/mol. The number of nitrogens with two attached hydrogens (primary N) is 1. The lowest BCUT2D eigenvalue weighted by Gasteiger charge is -2.08. The van der Waals surface area contributed by atoms with Gasteiger partial charge in [0.15, 0.2) is 0 Å². The fourth-order valence-electron chi connectivity index (χ4n) is 2.36. The molecule has 0 radical (unpaired) electrons. The van der Waals surface area contributed by atoms with Crippen LogP contribution >= 0.6 is 0 Å². The van der Waals surface area contributed by atoms with Crippen molar-refractivity contribution in [3.63, 3.8) is 0 Å². The van der Waals surface area contributed by atoms with Crippen molar-refractivity contribution in [3.8, 4) is 0 Å². The van der Waals surface area contributed by atoms with Crippen molar-refractivity contribution in [2.45, 2.75) is 13.3 Å². The summed E-state index contributed by atoms with van der Waals surface area (Å²) >= 11 is 0. The molecule has 0 amide bonds. The molecule has 3 aromatic rings. The number of hydrogen-bond acceptors (Lipinski definition) is 1. The Balaban J connectivity index is 2.46. The number of anilines is 1. The summed E-state index contributed by atoms with van der Waals surface area (Å²) in [6, 6.07) is 17.0. The smallest absolute Gasteiger partial charge is 0.0473 e. The molecule has 1 heteroatoms. The zero-order valence-corrected chi connectivity index (χ0v) is 9.90. The zero-order valence-electron chi connectivity index (χ0n) is 9.90. The van der Waals surface area contributed by atoms with Crippen molar-refractivity contribution in [2.24, 2.45) is 0 Å². The molecule has 0 heterocycles. The van der Waals surface area contributed by atoms with E-state index in [2.05, 4.69) is 43.3 Å². The number of benzene rings is 3. The maximum absolute atomic E-state index is 6.28. The van der Waals surface area contributed by atoms with Gasteiger partial charge in [0.25, 0.3) is 0 Å². The van der Waals surface area contributed by atoms with Crippen molar-refractivity contribution in [3.05, 3.63) is 54.1 Å². The minimum Gasteiger partial charge on any atom is -0.398 e. The molecule has 3 rings (SSSR count). The Labute approximate surface area is 101 Å². The van der Waals surface area contributed by atoms with Crippen LogP contribution in [0.25, 0.3) is 21.5 Å². The largest absolute Gasteiger partial charge is 0.398 e. The van der Waals surface area contributed by atoms with Gasteiger partial charge in [0.1, 0.15) is 0 Å². The Morgan fingerprint density at radius 2 is 1.65 bits per heavy atom. The molecular formula is C16H15N. The molecule has 0 aliphatic heterocycles. The van der Waals surface area contributed by atoms with Gasteiger partial charge in [-0.2, -0.15) is 0 Å². The molecule has 0 unspecified atom stereocenters. The van der Waals surface area contributed by atoms with E-state index in [1.54, 1.807) is 0 Å². The Hall–Kier alpha value is -2.02. The third-order valence-corrected chi connectivity index (χ3v) is 3.38. The predicted octanol–water partition coefficient (Wildman–Crippen LogP) is 4.14. The first-order chi connectivity index (χ1) is 8.29. The van der Waals surface area contributed by atoms with Gasteiger partial charge in [-0.15, -0.1) is 0 Å². The molecule has 0 aliphatic carbocycles. The summed E-state index contributed by atoms with van der Waals surface area (Å²) in [7, 11) is 0. The predicted molar refractivity (Wildman–Crippen MR) is 75.2 cm³/mol. The SMILES string of the molecule is CCc1ccc2cc3ccccc3c(N)c2c1. The Bertz CT molecular complexity index is 698. The molecule has 0 spiro atoms. The van der Waals surface area contributed by atoms with Gasteiger partial charge >= 0.3 is 0 Å². The first kappa shape index (κ1) is 10.2. The van der Waals surface area contributed by atoms with E-state index in [1.165, 1.54) is 21.7 Å². The number of fused-ring (bicyclic) bond motifs is 2. The van der Waals surface area contributed by atoms with E-state index in [1.807, 2.05) is 12.1 Å². The van der Waals surface area contributed by atoms with Crippen LogP contribution in [0.5, 0.6) is 0 Å². The Morgan fingerprint density at radius 1 is 0.882 bits per heavy atom. The van der Waals surface area contributed by atoms with E-state index in [9.17, 15) is 0 Å². The van der Waals surface area contributed by atoms with E-state index >= 15 is 0 Å². The van der Waals surface area contributed by atoms with Crippen molar-refractivity contribution in [1.29, 1.82) is 0 Å². The number of aryl methyl sites for hydroxylation is 1. The van der Waals surface area contributed by atoms with Crippen LogP contribution in [-0.2, 0) is 6.42 Å². The van der Waals surface area contributed by atoms with Crippen LogP contribution in [0.4, 0.5) is 5.69 Å². The first-order valence-corrected chi connectivity index (χ1v) is 5.99. The zero-order chi connectivity index (χ0) is 11.8. The maximum Gasteiger partial charge on any atom is 0.0473 e. The van der Waals surface area contributed by atoms with Crippen molar-refractivity contribution in [2.75, 3.05) is 5.73 Å². The van der Waals surface area contributed by atoms with E-state index in [-0.39, 0.29) is 0 Å². The molecule has 0 aliphatic rings. The second-order valence-electron chi connectivity index (χ2n) is 4.42. The van der Waals surface area contributed by atoms with E-state index in [4.69, 9.17) is 5.73 Å². The lowest BCUT2D eigenvalue weighted by Crippen LogP contribution is -1.91. The highest BCUT2D eigenvalue weighted by molar-refractivity contribution is 6.10. The van der Waals surface area contributed by atoms with Gasteiger partial charge in [0.2, 0.25) is 0 Å². The van der Waals surface area contributed by atoms with Crippen LogP contribution < -0.4 is 5.73 Å². The van der Waals surface area contributed by atoms with Crippen molar-refractivity contribution in [1.82, 2.24) is 0 Å². The van der Waals surface area contributed by atoms with E-state index < -0.39 is 0 Å². The molecule has 0 saturated carbocycles. The third-order valence-electron chi connectivity index (χ3n) is 3.38. The highest BCUT2D eigenvalue weighted by Gasteiger charge is 2.04. The van der Waals surface area contributed by atoms with Gasteiger partial charge in [0.05, 0.1) is 0 Å². The first-order valence-electron chi connectivity index (χ1n) is 5.99. The molecule has 0 aromatic heterocycles. The highest BCUT2D eigenvalue weighted by atomic mass is 14.6. The van der Waals surface area contributed by atoms with Gasteiger partial charge in [-0.25, -0.2) is 0 Å². The Kier molecular flexibility index (Phi) is 2.25. The highest BCUT2D eigenvalue weighted by Crippen LogP contribution is 2.31. The molecule has 0 fully saturated rings. The summed E-state index contributed by atoms with van der Waals surface area (Å²) in [4.78, 5) is 0. The monoisotopic (exact) mass is 221 g/mol. The van der Waals surface area contributed by atoms with Gasteiger partial charge in [-0.3, -0.25) is 0 Å². The number of nitrogen functional groups attached to an aromatic ring is 1. The summed E-state index contributed by atoms with van der Waals surface area (Å²) in [6.45, 7) is 2.17. The molecule has 0 bridgehead atoms. The standard InChI is InChI=1S/C16H15N/c1-2-11-7-8-13-10-12-5-3-4-6-14(12)16(17)15(13)9-11/h3-10H,2,17H2,1H3. The second kappa shape index (κ2) is 3.77. The van der Waals surface area contributed by atoms with Crippen LogP contribution in [0.3, 0.4) is 0 Å². The summed E-state index contributed by atoms with van der Waals surface area (Å²) in [5.74, 6) is 0. The van der Waals surface area contributed by atoms with Crippen LogP contribution in [-0.4, -0.2) is 0 Å². The maximum atomic E-state index is 6.28. The van der Waals surface area contributed by atoms with Crippen LogP contribution in [0, 0.1) is 0 Å². The third kappa shape index (κ3) is 1.55. The fourth-order valence-corrected chi connectivity index (χ4v) is 2.36. The average Bonchev–Trinajstić information content (AvgIpc) is 2.39. The van der Waals surface area contributed by atoms with Crippen molar-refractivity contribution >= 4 is 27.2 Å². The van der Waals surface area contributed by atoms with E-state index in [0.717, 1.165) is 17.5 Å². The van der Waals surface area contributed by atoms with Gasteiger partial charge in [0, 0.05) is 16.5 Å². The molecule has 1 nitrogen and oxygen atoms in total. The fraction of sp³-hybridized carbons (Fsp3) is 0.125. The summed E-state index contributed by atoms with van der Waals surface area (Å²) in [6.07, 6.45) is 1.04. The minimum absolute atomic E-state index is 0.897. The van der Waals surface area contributed by atoms with Crippen LogP contribution in [0.2, 0.25) is 0 Å². The average molecular weight is 221 g/mol. The van der Waals surface area contributed by atoms with Crippen LogP contribution in [0.1, 0.15) is 12.5 Å². The molecule has 0 saturated heterocycles. The van der Waals surface area contributed by atoms with Crippen molar-refractivity contribution < 1.29 is 0 Å². The lowest BCUT2D eigenvalue weighted by atomic mass is 9.99. The normalized spacial score (nSPS) is 11.1. The molecule has 84 valence electrons. The van der Waals surface area contributed by atoms with E-state index in [0.29, 0.717) is 0 Å².